The first-order valence-corrected chi connectivity index (χ1v) is 11.0. The van der Waals surface area contributed by atoms with E-state index in [9.17, 15) is 9.59 Å². The Morgan fingerprint density at radius 3 is 2.09 bits per heavy atom. The highest BCUT2D eigenvalue weighted by molar-refractivity contribution is 5.85. The Morgan fingerprint density at radius 2 is 1.49 bits per heavy atom. The minimum atomic E-state index is -1.21. The number of carboxylic acid groups (broad SMARTS) is 1. The molecule has 9 heteroatoms. The minimum absolute atomic E-state index is 0.215. The number of rotatable bonds is 14. The van der Waals surface area contributed by atoms with Crippen molar-refractivity contribution < 1.29 is 43.1 Å². The summed E-state index contributed by atoms with van der Waals surface area (Å²) in [7, 11) is 4.58. The summed E-state index contributed by atoms with van der Waals surface area (Å²) in [6.07, 6.45) is 3.76. The molecule has 2 aromatic rings. The van der Waals surface area contributed by atoms with Crippen molar-refractivity contribution in [2.24, 2.45) is 0 Å². The third-order valence-electron chi connectivity index (χ3n) is 4.82. The number of benzene rings is 2. The van der Waals surface area contributed by atoms with Gasteiger partial charge in [-0.25, -0.2) is 9.59 Å². The molecular weight excluding hydrogens is 456 g/mol. The third-order valence-corrected chi connectivity index (χ3v) is 4.82. The number of hydrogen-bond donors (Lipinski definition) is 1. The zero-order valence-electron chi connectivity index (χ0n) is 20.7. The maximum Gasteiger partial charge on any atom is 0.349 e. The number of carbonyl (C=O) groups excluding carboxylic acids is 1. The van der Waals surface area contributed by atoms with Gasteiger partial charge in [-0.15, -0.1) is 0 Å². The van der Waals surface area contributed by atoms with E-state index in [-0.39, 0.29) is 6.61 Å². The average Bonchev–Trinajstić information content (AvgIpc) is 2.84. The van der Waals surface area contributed by atoms with Crippen LogP contribution < -0.4 is 23.7 Å². The third kappa shape index (κ3) is 8.77. The van der Waals surface area contributed by atoms with E-state index in [2.05, 4.69) is 0 Å². The Kier molecular flexibility index (Phi) is 10.3. The van der Waals surface area contributed by atoms with Crippen molar-refractivity contribution in [2.45, 2.75) is 32.3 Å². The summed E-state index contributed by atoms with van der Waals surface area (Å²) >= 11 is 0. The number of esters is 1. The van der Waals surface area contributed by atoms with Crippen molar-refractivity contribution >= 4 is 18.0 Å². The summed E-state index contributed by atoms with van der Waals surface area (Å²) in [6, 6.07) is 10.2. The molecule has 0 aliphatic carbocycles. The molecule has 0 bridgehead atoms. The van der Waals surface area contributed by atoms with E-state index in [0.29, 0.717) is 53.8 Å². The van der Waals surface area contributed by atoms with Crippen LogP contribution in [0.4, 0.5) is 0 Å². The van der Waals surface area contributed by atoms with E-state index in [1.165, 1.54) is 27.4 Å². The average molecular weight is 489 g/mol. The van der Waals surface area contributed by atoms with Crippen molar-refractivity contribution in [1.82, 2.24) is 0 Å². The van der Waals surface area contributed by atoms with Crippen molar-refractivity contribution in [3.63, 3.8) is 0 Å². The molecule has 0 unspecified atom stereocenters. The van der Waals surface area contributed by atoms with Crippen LogP contribution in [0.5, 0.6) is 28.7 Å². The predicted octanol–water partition coefficient (Wildman–Crippen LogP) is 4.37. The van der Waals surface area contributed by atoms with Gasteiger partial charge in [0.1, 0.15) is 17.2 Å². The van der Waals surface area contributed by atoms with Crippen LogP contribution in [-0.4, -0.2) is 57.2 Å². The van der Waals surface area contributed by atoms with Crippen LogP contribution in [0, 0.1) is 0 Å². The molecule has 0 saturated carbocycles. The Bertz CT molecular complexity index is 1010. The van der Waals surface area contributed by atoms with E-state index >= 15 is 0 Å². The van der Waals surface area contributed by atoms with Gasteiger partial charge in [0.05, 0.1) is 34.5 Å². The SMILES string of the molecule is COc1cc(OC)cc(OC(C)(C)C(=O)OCCCCOc2ccc(/C=C/C(=O)O)cc2OC)c1. The van der Waals surface area contributed by atoms with Gasteiger partial charge in [0.15, 0.2) is 17.1 Å². The molecule has 2 aromatic carbocycles. The molecule has 9 nitrogen and oxygen atoms in total. The van der Waals surface area contributed by atoms with E-state index in [0.717, 1.165) is 6.08 Å². The molecule has 0 spiro atoms. The second kappa shape index (κ2) is 13.1. The van der Waals surface area contributed by atoms with E-state index in [1.807, 2.05) is 0 Å². The van der Waals surface area contributed by atoms with Gasteiger partial charge in [-0.3, -0.25) is 0 Å². The lowest BCUT2D eigenvalue weighted by atomic mass is 10.1. The zero-order chi connectivity index (χ0) is 25.8. The number of carboxylic acids is 1. The van der Waals surface area contributed by atoms with Gasteiger partial charge in [0.2, 0.25) is 0 Å². The molecule has 0 radical (unpaired) electrons. The molecular formula is C26H32O9. The lowest BCUT2D eigenvalue weighted by molar-refractivity contribution is -0.159. The molecule has 0 atom stereocenters. The van der Waals surface area contributed by atoms with Crippen LogP contribution in [0.2, 0.25) is 0 Å². The summed E-state index contributed by atoms with van der Waals surface area (Å²) in [6.45, 7) is 3.87. The van der Waals surface area contributed by atoms with Gasteiger partial charge in [0, 0.05) is 24.3 Å². The van der Waals surface area contributed by atoms with Crippen molar-refractivity contribution in [3.8, 4) is 28.7 Å². The Balaban J connectivity index is 1.79. The standard InChI is InChI=1S/C26H32O9/c1-26(2,35-21-16-19(30-3)15-20(17-21)31-4)25(29)34-13-7-6-12-33-22-10-8-18(9-11-24(27)28)14-23(22)32-5/h8-11,14-17H,6-7,12-13H2,1-5H3,(H,27,28)/b11-9+. The second-order valence-corrected chi connectivity index (χ2v) is 7.93. The molecule has 190 valence electrons. The number of carbonyl (C=O) groups is 2. The van der Waals surface area contributed by atoms with Gasteiger partial charge in [0.25, 0.3) is 0 Å². The molecule has 1 N–H and O–H groups in total. The van der Waals surface area contributed by atoms with Crippen LogP contribution in [0.1, 0.15) is 32.3 Å². The maximum absolute atomic E-state index is 12.5. The molecule has 2 rings (SSSR count). The molecule has 0 amide bonds. The van der Waals surface area contributed by atoms with Gasteiger partial charge < -0.3 is 33.5 Å². The highest BCUT2D eigenvalue weighted by atomic mass is 16.6. The first-order chi connectivity index (χ1) is 16.7. The Morgan fingerprint density at radius 1 is 0.857 bits per heavy atom. The summed E-state index contributed by atoms with van der Waals surface area (Å²) in [5.74, 6) is 1.04. The molecule has 0 saturated heterocycles. The molecule has 0 heterocycles. The predicted molar refractivity (Wildman–Crippen MR) is 130 cm³/mol. The fourth-order valence-corrected chi connectivity index (χ4v) is 2.98. The van der Waals surface area contributed by atoms with Crippen LogP contribution in [0.15, 0.2) is 42.5 Å². The Hall–Kier alpha value is -3.88. The highest BCUT2D eigenvalue weighted by Gasteiger charge is 2.32. The van der Waals surface area contributed by atoms with Gasteiger partial charge in [-0.2, -0.15) is 0 Å². The summed E-state index contributed by atoms with van der Waals surface area (Å²) in [4.78, 5) is 23.2. The van der Waals surface area contributed by atoms with Gasteiger partial charge in [-0.05, 0) is 50.5 Å². The highest BCUT2D eigenvalue weighted by Crippen LogP contribution is 2.30. The van der Waals surface area contributed by atoms with Gasteiger partial charge in [-0.1, -0.05) is 6.07 Å². The van der Waals surface area contributed by atoms with Crippen molar-refractivity contribution in [2.75, 3.05) is 34.5 Å². The molecule has 0 aliphatic heterocycles. The van der Waals surface area contributed by atoms with Crippen LogP contribution >= 0.6 is 0 Å². The molecule has 0 fully saturated rings. The lowest BCUT2D eigenvalue weighted by Crippen LogP contribution is -2.39. The van der Waals surface area contributed by atoms with Crippen LogP contribution in [0.3, 0.4) is 0 Å². The number of ether oxygens (including phenoxy) is 6. The first-order valence-electron chi connectivity index (χ1n) is 11.0. The summed E-state index contributed by atoms with van der Waals surface area (Å²) in [5, 5.41) is 8.74. The Labute approximate surface area is 205 Å². The van der Waals surface area contributed by atoms with Gasteiger partial charge >= 0.3 is 11.9 Å². The number of aliphatic carboxylic acids is 1. The smallest absolute Gasteiger partial charge is 0.349 e. The first kappa shape index (κ1) is 27.4. The number of hydrogen-bond acceptors (Lipinski definition) is 8. The number of unbranched alkanes of at least 4 members (excludes halogenated alkanes) is 1. The van der Waals surface area contributed by atoms with E-state index in [4.69, 9.17) is 33.5 Å². The molecule has 35 heavy (non-hydrogen) atoms. The zero-order valence-corrected chi connectivity index (χ0v) is 20.7. The van der Waals surface area contributed by atoms with E-state index in [1.54, 1.807) is 50.2 Å². The fraction of sp³-hybridized carbons (Fsp3) is 0.385. The van der Waals surface area contributed by atoms with Crippen molar-refractivity contribution in [3.05, 3.63) is 48.0 Å². The van der Waals surface area contributed by atoms with Crippen LogP contribution in [-0.2, 0) is 14.3 Å². The molecule has 0 aliphatic rings. The quantitative estimate of drug-likeness (QED) is 0.235. The summed E-state index contributed by atoms with van der Waals surface area (Å²) in [5.41, 5.74) is -0.529. The largest absolute Gasteiger partial charge is 0.496 e. The topological polar surface area (TPSA) is 110 Å². The second-order valence-electron chi connectivity index (χ2n) is 7.93. The summed E-state index contributed by atoms with van der Waals surface area (Å²) < 4.78 is 32.7. The van der Waals surface area contributed by atoms with Crippen molar-refractivity contribution in [1.29, 1.82) is 0 Å². The minimum Gasteiger partial charge on any atom is -0.496 e. The fourth-order valence-electron chi connectivity index (χ4n) is 2.98. The monoisotopic (exact) mass is 488 g/mol. The maximum atomic E-state index is 12.5. The number of methoxy groups -OCH3 is 3. The van der Waals surface area contributed by atoms with Crippen LogP contribution in [0.25, 0.3) is 6.08 Å². The lowest BCUT2D eigenvalue weighted by Gasteiger charge is -2.25. The van der Waals surface area contributed by atoms with E-state index < -0.39 is 17.5 Å². The molecule has 0 aromatic heterocycles. The normalized spacial score (nSPS) is 11.1.